The minimum Gasteiger partial charge on any atom is -0.455 e. The fraction of sp³-hybridized carbons (Fsp3) is 0.150. The van der Waals surface area contributed by atoms with Crippen LogP contribution in [0.3, 0.4) is 0 Å². The molecule has 3 rings (SSSR count). The molecule has 1 aliphatic rings. The fourth-order valence-electron chi connectivity index (χ4n) is 2.69. The molecule has 0 saturated carbocycles. The largest absolute Gasteiger partial charge is 0.455 e. The highest BCUT2D eigenvalue weighted by Gasteiger charge is 2.35. The van der Waals surface area contributed by atoms with E-state index in [9.17, 15) is 24.0 Å². The van der Waals surface area contributed by atoms with Crippen molar-refractivity contribution in [2.75, 3.05) is 13.2 Å². The van der Waals surface area contributed by atoms with Gasteiger partial charge < -0.3 is 4.74 Å². The summed E-state index contributed by atoms with van der Waals surface area (Å²) in [6.07, 6.45) is -0.255. The SMILES string of the molecule is O=C(COC(=O)CCN1C(=O)c2ccccc2C1=O)NNC(=O)c1ccccc1. The number of nitrogens with one attached hydrogen (secondary N) is 2. The first kappa shape index (κ1) is 19.7. The number of hydrogen-bond acceptors (Lipinski definition) is 6. The summed E-state index contributed by atoms with van der Waals surface area (Å²) >= 11 is 0. The molecule has 0 bridgehead atoms. The minimum absolute atomic E-state index is 0.155. The molecule has 9 heteroatoms. The summed E-state index contributed by atoms with van der Waals surface area (Å²) in [6.45, 7) is -0.770. The fourth-order valence-corrected chi connectivity index (χ4v) is 2.69. The number of carbonyl (C=O) groups is 5. The first-order valence-corrected chi connectivity index (χ1v) is 8.72. The second kappa shape index (κ2) is 8.79. The van der Waals surface area contributed by atoms with E-state index in [0.29, 0.717) is 16.7 Å². The normalized spacial score (nSPS) is 12.3. The van der Waals surface area contributed by atoms with Gasteiger partial charge in [-0.25, -0.2) is 0 Å². The molecule has 2 aromatic carbocycles. The molecule has 0 aliphatic carbocycles. The molecule has 0 fully saturated rings. The van der Waals surface area contributed by atoms with E-state index in [2.05, 4.69) is 10.9 Å². The summed E-state index contributed by atoms with van der Waals surface area (Å²) in [6, 6.07) is 14.6. The number of benzene rings is 2. The molecule has 2 aromatic rings. The van der Waals surface area contributed by atoms with E-state index >= 15 is 0 Å². The van der Waals surface area contributed by atoms with Crippen molar-refractivity contribution in [3.8, 4) is 0 Å². The molecule has 4 amide bonds. The summed E-state index contributed by atoms with van der Waals surface area (Å²) < 4.78 is 4.80. The molecule has 2 N–H and O–H groups in total. The van der Waals surface area contributed by atoms with Crippen LogP contribution in [0.4, 0.5) is 0 Å². The van der Waals surface area contributed by atoms with Crippen LogP contribution in [0.25, 0.3) is 0 Å². The smallest absolute Gasteiger partial charge is 0.308 e. The second-order valence-corrected chi connectivity index (χ2v) is 6.09. The van der Waals surface area contributed by atoms with Crippen molar-refractivity contribution >= 4 is 29.6 Å². The molecule has 0 aromatic heterocycles. The van der Waals surface area contributed by atoms with Gasteiger partial charge in [0.2, 0.25) is 0 Å². The van der Waals surface area contributed by atoms with Gasteiger partial charge in [0.05, 0.1) is 17.5 Å². The van der Waals surface area contributed by atoms with Crippen molar-refractivity contribution in [1.82, 2.24) is 15.8 Å². The summed E-state index contributed by atoms with van der Waals surface area (Å²) in [7, 11) is 0. The Hall–Kier alpha value is -4.01. The summed E-state index contributed by atoms with van der Waals surface area (Å²) in [4.78, 5) is 60.6. The summed E-state index contributed by atoms with van der Waals surface area (Å²) in [5, 5.41) is 0. The van der Waals surface area contributed by atoms with Gasteiger partial charge in [-0.15, -0.1) is 0 Å². The van der Waals surface area contributed by atoms with Crippen molar-refractivity contribution in [1.29, 1.82) is 0 Å². The highest BCUT2D eigenvalue weighted by Crippen LogP contribution is 2.22. The number of carbonyl (C=O) groups excluding carboxylic acids is 5. The van der Waals surface area contributed by atoms with Gasteiger partial charge >= 0.3 is 5.97 Å². The van der Waals surface area contributed by atoms with Crippen LogP contribution in [0.2, 0.25) is 0 Å². The average molecular weight is 395 g/mol. The Morgan fingerprint density at radius 1 is 0.828 bits per heavy atom. The Bertz CT molecular complexity index is 938. The predicted molar refractivity (Wildman–Crippen MR) is 99.4 cm³/mol. The first-order valence-electron chi connectivity index (χ1n) is 8.72. The molecule has 9 nitrogen and oxygen atoms in total. The lowest BCUT2D eigenvalue weighted by Crippen LogP contribution is -2.43. The number of fused-ring (bicyclic) bond motifs is 1. The maximum Gasteiger partial charge on any atom is 0.308 e. The van der Waals surface area contributed by atoms with Gasteiger partial charge in [0.1, 0.15) is 0 Å². The first-order chi connectivity index (χ1) is 14.0. The Labute approximate surface area is 165 Å². The van der Waals surface area contributed by atoms with Crippen LogP contribution in [0, 0.1) is 0 Å². The lowest BCUT2D eigenvalue weighted by atomic mass is 10.1. The number of hydrogen-bond donors (Lipinski definition) is 2. The molecule has 0 spiro atoms. The topological polar surface area (TPSA) is 122 Å². The Morgan fingerprint density at radius 2 is 1.41 bits per heavy atom. The minimum atomic E-state index is -0.758. The van der Waals surface area contributed by atoms with Gasteiger partial charge in [0.25, 0.3) is 23.6 Å². The van der Waals surface area contributed by atoms with Crippen LogP contribution in [0.1, 0.15) is 37.5 Å². The highest BCUT2D eigenvalue weighted by molar-refractivity contribution is 6.21. The van der Waals surface area contributed by atoms with Crippen LogP contribution < -0.4 is 10.9 Å². The zero-order valence-electron chi connectivity index (χ0n) is 15.2. The van der Waals surface area contributed by atoms with Crippen molar-refractivity contribution in [2.24, 2.45) is 0 Å². The van der Waals surface area contributed by atoms with E-state index in [1.54, 1.807) is 54.6 Å². The van der Waals surface area contributed by atoms with E-state index < -0.39 is 36.2 Å². The van der Waals surface area contributed by atoms with Crippen molar-refractivity contribution < 1.29 is 28.7 Å². The number of esters is 1. The third-order valence-corrected chi connectivity index (χ3v) is 4.13. The van der Waals surface area contributed by atoms with Gasteiger partial charge in [-0.05, 0) is 24.3 Å². The zero-order chi connectivity index (χ0) is 20.8. The highest BCUT2D eigenvalue weighted by atomic mass is 16.5. The van der Waals surface area contributed by atoms with Crippen molar-refractivity contribution in [2.45, 2.75) is 6.42 Å². The Morgan fingerprint density at radius 3 is 2.03 bits per heavy atom. The van der Waals surface area contributed by atoms with E-state index in [-0.39, 0.29) is 13.0 Å². The molecule has 0 unspecified atom stereocenters. The van der Waals surface area contributed by atoms with Gasteiger partial charge in [0, 0.05) is 12.1 Å². The lowest BCUT2D eigenvalue weighted by Gasteiger charge is -2.13. The standard InChI is InChI=1S/C20H17N3O6/c24-16(21-22-18(26)13-6-2-1-3-7-13)12-29-17(25)10-11-23-19(27)14-8-4-5-9-15(14)20(23)28/h1-9H,10-12H2,(H,21,24)(H,22,26). The maximum absolute atomic E-state index is 12.2. The molecule has 0 atom stereocenters. The number of ether oxygens (including phenoxy) is 1. The van der Waals surface area contributed by atoms with Crippen LogP contribution >= 0.6 is 0 Å². The third kappa shape index (κ3) is 4.64. The van der Waals surface area contributed by atoms with Crippen molar-refractivity contribution in [3.05, 3.63) is 71.3 Å². The van der Waals surface area contributed by atoms with Gasteiger partial charge in [-0.1, -0.05) is 30.3 Å². The monoisotopic (exact) mass is 395 g/mol. The van der Waals surface area contributed by atoms with E-state index in [1.807, 2.05) is 0 Å². The summed E-state index contributed by atoms with van der Waals surface area (Å²) in [5.74, 6) is -2.95. The van der Waals surface area contributed by atoms with Crippen molar-refractivity contribution in [3.63, 3.8) is 0 Å². The zero-order valence-corrected chi connectivity index (χ0v) is 15.2. The number of rotatable bonds is 6. The van der Waals surface area contributed by atoms with E-state index in [4.69, 9.17) is 4.74 Å². The lowest BCUT2D eigenvalue weighted by molar-refractivity contribution is -0.148. The molecule has 0 saturated heterocycles. The second-order valence-electron chi connectivity index (χ2n) is 6.09. The summed E-state index contributed by atoms with van der Waals surface area (Å²) in [5.41, 5.74) is 5.25. The molecular formula is C20H17N3O6. The number of imide groups is 1. The molecule has 0 radical (unpaired) electrons. The van der Waals surface area contributed by atoms with Crippen LogP contribution in [0.5, 0.6) is 0 Å². The van der Waals surface area contributed by atoms with Crippen LogP contribution in [0.15, 0.2) is 54.6 Å². The Balaban J connectivity index is 1.39. The number of nitrogens with zero attached hydrogens (tertiary/aromatic N) is 1. The van der Waals surface area contributed by atoms with Gasteiger partial charge in [0.15, 0.2) is 6.61 Å². The van der Waals surface area contributed by atoms with Gasteiger partial charge in [-0.3, -0.25) is 39.7 Å². The number of amides is 4. The van der Waals surface area contributed by atoms with Gasteiger partial charge in [-0.2, -0.15) is 0 Å². The number of hydrazine groups is 1. The molecule has 1 aliphatic heterocycles. The molecule has 29 heavy (non-hydrogen) atoms. The Kier molecular flexibility index (Phi) is 5.98. The average Bonchev–Trinajstić information content (AvgIpc) is 2.99. The van der Waals surface area contributed by atoms with E-state index in [1.165, 1.54) is 0 Å². The maximum atomic E-state index is 12.2. The van der Waals surface area contributed by atoms with Crippen LogP contribution in [-0.2, 0) is 14.3 Å². The quantitative estimate of drug-likeness (QED) is 0.421. The van der Waals surface area contributed by atoms with E-state index in [0.717, 1.165) is 4.90 Å². The predicted octanol–water partition coefficient (Wildman–Crippen LogP) is 0.677. The third-order valence-electron chi connectivity index (χ3n) is 4.13. The molecular weight excluding hydrogens is 378 g/mol. The van der Waals surface area contributed by atoms with Crippen LogP contribution in [-0.4, -0.2) is 47.6 Å². The molecule has 148 valence electrons. The molecule has 1 heterocycles.